The number of aliphatic hydroxyl groups excluding tert-OH is 1. The van der Waals surface area contributed by atoms with Gasteiger partial charge in [-0.25, -0.2) is 4.98 Å². The first-order valence-corrected chi connectivity index (χ1v) is 19.7. The van der Waals surface area contributed by atoms with Gasteiger partial charge in [0.15, 0.2) is 0 Å². The molecular weight excluding hydrogens is 719 g/mol. The number of ether oxygens (including phenoxy) is 1. The zero-order valence-corrected chi connectivity index (χ0v) is 33.4. The van der Waals surface area contributed by atoms with E-state index in [-0.39, 0.29) is 30.9 Å². The Balaban J connectivity index is 1.21. The van der Waals surface area contributed by atoms with E-state index in [0.717, 1.165) is 60.8 Å². The molecule has 2 fully saturated rings. The van der Waals surface area contributed by atoms with Gasteiger partial charge in [0.2, 0.25) is 23.6 Å². The molecule has 0 unspecified atom stereocenters. The molecule has 3 aromatic carbocycles. The average molecular weight is 774 g/mol. The summed E-state index contributed by atoms with van der Waals surface area (Å²) in [5.74, 6) is 0.246. The SMILES string of the molecule is COc1ccc(C=CC(=O)N(Cc2ccc(N3CCN(C(C)=O)CC3)cc2)[C@@H](Cc2ccccc2)C(=O)N2CCN(Cc3ccc(N(C)CCO)cc3)CC2)cn1. The highest BCUT2D eigenvalue weighted by Crippen LogP contribution is 2.23. The number of likely N-dealkylation sites (N-methyl/N-ethyl adjacent to an activating group) is 1. The second kappa shape index (κ2) is 19.9. The molecule has 1 aromatic heterocycles. The molecule has 1 atom stereocenters. The van der Waals surface area contributed by atoms with Crippen LogP contribution in [-0.2, 0) is 33.9 Å². The van der Waals surface area contributed by atoms with Gasteiger partial charge in [-0.2, -0.15) is 0 Å². The fourth-order valence-electron chi connectivity index (χ4n) is 7.40. The number of nitrogens with zero attached hydrogens (tertiary/aromatic N) is 7. The van der Waals surface area contributed by atoms with Crippen LogP contribution >= 0.6 is 0 Å². The number of methoxy groups -OCH3 is 1. The maximum atomic E-state index is 14.7. The van der Waals surface area contributed by atoms with Gasteiger partial charge in [-0.15, -0.1) is 0 Å². The van der Waals surface area contributed by atoms with Gasteiger partial charge in [0.1, 0.15) is 6.04 Å². The van der Waals surface area contributed by atoms with E-state index in [1.807, 2.05) is 70.3 Å². The molecule has 12 nitrogen and oxygen atoms in total. The third kappa shape index (κ3) is 11.2. The summed E-state index contributed by atoms with van der Waals surface area (Å²) < 4.78 is 5.21. The van der Waals surface area contributed by atoms with E-state index in [2.05, 4.69) is 51.2 Å². The van der Waals surface area contributed by atoms with Crippen LogP contribution in [0.25, 0.3) is 6.08 Å². The number of pyridine rings is 1. The Bertz CT molecular complexity index is 1920. The highest BCUT2D eigenvalue weighted by atomic mass is 16.5. The van der Waals surface area contributed by atoms with Crippen LogP contribution < -0.4 is 14.5 Å². The predicted molar refractivity (Wildman–Crippen MR) is 224 cm³/mol. The summed E-state index contributed by atoms with van der Waals surface area (Å²) in [6.07, 6.45) is 5.28. The smallest absolute Gasteiger partial charge is 0.247 e. The molecule has 12 heteroatoms. The molecule has 0 radical (unpaired) electrons. The van der Waals surface area contributed by atoms with Crippen LogP contribution in [0.4, 0.5) is 11.4 Å². The van der Waals surface area contributed by atoms with Crippen molar-refractivity contribution in [2.45, 2.75) is 32.5 Å². The number of carbonyl (C=O) groups excluding carboxylic acids is 3. The van der Waals surface area contributed by atoms with Gasteiger partial charge in [0.05, 0.1) is 13.7 Å². The van der Waals surface area contributed by atoms with Crippen LogP contribution in [0.2, 0.25) is 0 Å². The average Bonchev–Trinajstić information content (AvgIpc) is 3.25. The molecule has 0 bridgehead atoms. The van der Waals surface area contributed by atoms with Gasteiger partial charge in [-0.1, -0.05) is 54.6 Å². The molecule has 57 heavy (non-hydrogen) atoms. The van der Waals surface area contributed by atoms with Crippen LogP contribution in [0.1, 0.15) is 29.2 Å². The first kappa shape index (κ1) is 40.9. The maximum absolute atomic E-state index is 14.7. The van der Waals surface area contributed by atoms with Gasteiger partial charge in [0.25, 0.3) is 0 Å². The number of anilines is 2. The zero-order chi connectivity index (χ0) is 40.1. The van der Waals surface area contributed by atoms with Crippen molar-refractivity contribution in [2.24, 2.45) is 0 Å². The highest BCUT2D eigenvalue weighted by Gasteiger charge is 2.34. The van der Waals surface area contributed by atoms with Crippen molar-refractivity contribution in [2.75, 3.05) is 89.5 Å². The van der Waals surface area contributed by atoms with E-state index in [1.165, 1.54) is 11.6 Å². The van der Waals surface area contributed by atoms with Gasteiger partial charge >= 0.3 is 0 Å². The van der Waals surface area contributed by atoms with Crippen molar-refractivity contribution in [3.8, 4) is 5.88 Å². The monoisotopic (exact) mass is 773 g/mol. The molecule has 3 amide bonds. The molecule has 0 saturated carbocycles. The van der Waals surface area contributed by atoms with Crippen molar-refractivity contribution < 1.29 is 24.2 Å². The maximum Gasteiger partial charge on any atom is 0.247 e. The quantitative estimate of drug-likeness (QED) is 0.178. The summed E-state index contributed by atoms with van der Waals surface area (Å²) in [7, 11) is 3.52. The number of aromatic nitrogens is 1. The Morgan fingerprint density at radius 2 is 1.47 bits per heavy atom. The summed E-state index contributed by atoms with van der Waals surface area (Å²) in [4.78, 5) is 57.4. The molecule has 0 spiro atoms. The standard InChI is InChI=1S/C45H55N7O5/c1-35(54)49-25-27-50(28-26-49)41-17-11-39(12-18-41)34-52(44(55)20-14-37-13-19-43(57-3)46-32-37)42(31-36-7-5-4-6-8-36)45(56)51-23-21-48(22-24-51)33-38-9-15-40(16-10-38)47(2)29-30-53/h4-20,32,42,53H,21-31,33-34H2,1-3H3/t42-/m0/s1. The lowest BCUT2D eigenvalue weighted by molar-refractivity contribution is -0.145. The second-order valence-corrected chi connectivity index (χ2v) is 14.7. The Labute approximate surface area is 336 Å². The fraction of sp³-hybridized carbons (Fsp3) is 0.378. The van der Waals surface area contributed by atoms with Crippen LogP contribution in [0.3, 0.4) is 0 Å². The Morgan fingerprint density at radius 1 is 0.807 bits per heavy atom. The van der Waals surface area contributed by atoms with Gasteiger partial charge < -0.3 is 34.3 Å². The lowest BCUT2D eigenvalue weighted by Gasteiger charge is -2.39. The molecule has 3 heterocycles. The Morgan fingerprint density at radius 3 is 2.09 bits per heavy atom. The predicted octanol–water partition coefficient (Wildman–Crippen LogP) is 4.18. The molecule has 6 rings (SSSR count). The molecule has 2 aliphatic rings. The molecule has 2 aliphatic heterocycles. The van der Waals surface area contributed by atoms with Crippen LogP contribution in [0.15, 0.2) is 103 Å². The third-order valence-corrected chi connectivity index (χ3v) is 10.9. The minimum Gasteiger partial charge on any atom is -0.481 e. The van der Waals surface area contributed by atoms with Crippen molar-refractivity contribution in [1.82, 2.24) is 24.6 Å². The van der Waals surface area contributed by atoms with E-state index in [4.69, 9.17) is 4.74 Å². The minimum absolute atomic E-state index is 0.0670. The Hall–Kier alpha value is -5.72. The molecule has 2 saturated heterocycles. The largest absolute Gasteiger partial charge is 0.481 e. The number of hydrogen-bond donors (Lipinski definition) is 1. The summed E-state index contributed by atoms with van der Waals surface area (Å²) in [6, 6.07) is 29.3. The fourth-order valence-corrected chi connectivity index (χ4v) is 7.40. The Kier molecular flexibility index (Phi) is 14.3. The number of amides is 3. The first-order chi connectivity index (χ1) is 27.7. The van der Waals surface area contributed by atoms with Crippen LogP contribution in [-0.4, -0.2) is 133 Å². The van der Waals surface area contributed by atoms with Crippen molar-refractivity contribution >= 4 is 35.2 Å². The second-order valence-electron chi connectivity index (χ2n) is 14.7. The van der Waals surface area contributed by atoms with Gasteiger partial charge in [-0.3, -0.25) is 19.3 Å². The zero-order valence-electron chi connectivity index (χ0n) is 33.4. The lowest BCUT2D eigenvalue weighted by Crippen LogP contribution is -2.56. The van der Waals surface area contributed by atoms with Gasteiger partial charge in [-0.05, 0) is 58.7 Å². The minimum atomic E-state index is -0.743. The van der Waals surface area contributed by atoms with E-state index < -0.39 is 6.04 Å². The third-order valence-electron chi connectivity index (χ3n) is 10.9. The number of benzene rings is 3. The normalized spacial score (nSPS) is 15.4. The van der Waals surface area contributed by atoms with Crippen molar-refractivity contribution in [3.05, 3.63) is 126 Å². The van der Waals surface area contributed by atoms with E-state index >= 15 is 0 Å². The summed E-state index contributed by atoms with van der Waals surface area (Å²) >= 11 is 0. The molecule has 4 aromatic rings. The molecular formula is C45H55N7O5. The highest BCUT2D eigenvalue weighted by molar-refractivity contribution is 5.95. The van der Waals surface area contributed by atoms with E-state index in [9.17, 15) is 19.5 Å². The van der Waals surface area contributed by atoms with Crippen molar-refractivity contribution in [3.63, 3.8) is 0 Å². The molecule has 0 aliphatic carbocycles. The topological polar surface area (TPSA) is 113 Å². The first-order valence-electron chi connectivity index (χ1n) is 19.7. The molecule has 300 valence electrons. The van der Waals surface area contributed by atoms with E-state index in [0.29, 0.717) is 45.0 Å². The van der Waals surface area contributed by atoms with E-state index in [1.54, 1.807) is 37.3 Å². The number of carbonyl (C=O) groups is 3. The number of rotatable bonds is 15. The lowest BCUT2D eigenvalue weighted by atomic mass is 10.0. The number of aliphatic hydroxyl groups is 1. The summed E-state index contributed by atoms with van der Waals surface area (Å²) in [5, 5.41) is 9.30. The van der Waals surface area contributed by atoms with Crippen molar-refractivity contribution in [1.29, 1.82) is 0 Å². The summed E-state index contributed by atoms with van der Waals surface area (Å²) in [6.45, 7) is 8.74. The molecule has 1 N–H and O–H groups in total. The van der Waals surface area contributed by atoms with Gasteiger partial charge in [0, 0.05) is 122 Å². The summed E-state index contributed by atoms with van der Waals surface area (Å²) in [5.41, 5.74) is 5.95. The number of piperazine rings is 2. The number of hydrogen-bond acceptors (Lipinski definition) is 9. The van der Waals surface area contributed by atoms with Crippen LogP contribution in [0.5, 0.6) is 5.88 Å². The van der Waals surface area contributed by atoms with Crippen LogP contribution in [0, 0.1) is 0 Å².